The van der Waals surface area contributed by atoms with E-state index in [1.54, 1.807) is 6.07 Å². The van der Waals surface area contributed by atoms with Crippen molar-refractivity contribution >= 4 is 35.6 Å². The Morgan fingerprint density at radius 1 is 1.18 bits per heavy atom. The summed E-state index contributed by atoms with van der Waals surface area (Å²) in [4.78, 5) is 8.54. The molecule has 1 aromatic carbocycles. The largest absolute Gasteiger partial charge is 0.493 e. The van der Waals surface area contributed by atoms with Gasteiger partial charge in [-0.3, -0.25) is 0 Å². The van der Waals surface area contributed by atoms with Crippen molar-refractivity contribution in [3.05, 3.63) is 40.2 Å². The monoisotopic (exact) mass is 548 g/mol. The van der Waals surface area contributed by atoms with Crippen LogP contribution in [0.4, 0.5) is 21.7 Å². The first-order valence-electron chi connectivity index (χ1n) is 12.7. The van der Waals surface area contributed by atoms with Crippen molar-refractivity contribution < 1.29 is 33.2 Å². The molecule has 204 valence electrons. The van der Waals surface area contributed by atoms with Gasteiger partial charge in [-0.2, -0.15) is 0 Å². The number of fused-ring (bicyclic) bond motifs is 2. The molecule has 6 rings (SSSR count). The average Bonchev–Trinajstić information content (AvgIpc) is 3.57. The standard InChI is InChI=1S/C26H30ClFN4O6/c1-29-26-19(30-12-38-21-11-37-23-20(33)10-36-24(21)23)6-16(27)25(32-26)31-18-3-2-14-4-15(5-17(28)22(14)18)35-9-13-7-34-8-13/h4-6,13,18,20-21,23-24,30,33H,1-3,7-12H2,(H,31,32)/t18?,20?,21?,23-,24-/m1/s1. The van der Waals surface area contributed by atoms with Crippen LogP contribution >= 0.6 is 11.6 Å². The van der Waals surface area contributed by atoms with Crippen molar-refractivity contribution in [2.24, 2.45) is 10.9 Å². The summed E-state index contributed by atoms with van der Waals surface area (Å²) in [5.74, 6) is 1.31. The van der Waals surface area contributed by atoms with Crippen LogP contribution in [-0.2, 0) is 25.4 Å². The molecule has 1 aromatic heterocycles. The minimum Gasteiger partial charge on any atom is -0.493 e. The van der Waals surface area contributed by atoms with Gasteiger partial charge in [-0.25, -0.2) is 14.4 Å². The molecule has 1 aliphatic carbocycles. The predicted octanol–water partition coefficient (Wildman–Crippen LogP) is 3.24. The van der Waals surface area contributed by atoms with Crippen LogP contribution < -0.4 is 15.4 Å². The second-order valence-electron chi connectivity index (χ2n) is 9.97. The van der Waals surface area contributed by atoms with E-state index in [-0.39, 0.29) is 43.5 Å². The number of aryl methyl sites for hydroxylation is 1. The smallest absolute Gasteiger partial charge is 0.177 e. The van der Waals surface area contributed by atoms with Gasteiger partial charge in [0.2, 0.25) is 0 Å². The van der Waals surface area contributed by atoms with Crippen molar-refractivity contribution in [3.63, 3.8) is 0 Å². The molecule has 4 heterocycles. The summed E-state index contributed by atoms with van der Waals surface area (Å²) in [7, 11) is 0. The van der Waals surface area contributed by atoms with E-state index in [4.69, 9.17) is 35.3 Å². The van der Waals surface area contributed by atoms with Crippen LogP contribution in [0.3, 0.4) is 0 Å². The fourth-order valence-electron chi connectivity index (χ4n) is 5.32. The van der Waals surface area contributed by atoms with Gasteiger partial charge in [0.05, 0.1) is 49.8 Å². The Morgan fingerprint density at radius 3 is 2.82 bits per heavy atom. The zero-order valence-corrected chi connectivity index (χ0v) is 21.5. The molecule has 3 aliphatic heterocycles. The molecule has 3 fully saturated rings. The van der Waals surface area contributed by atoms with Crippen LogP contribution in [0.15, 0.2) is 23.2 Å². The Hall–Kier alpha value is -2.54. The maximum atomic E-state index is 15.1. The number of benzene rings is 1. The summed E-state index contributed by atoms with van der Waals surface area (Å²) in [5, 5.41) is 16.6. The van der Waals surface area contributed by atoms with Crippen LogP contribution in [-0.4, -0.2) is 81.0 Å². The van der Waals surface area contributed by atoms with Gasteiger partial charge in [0.1, 0.15) is 48.5 Å². The average molecular weight is 549 g/mol. The predicted molar refractivity (Wildman–Crippen MR) is 138 cm³/mol. The normalized spacial score (nSPS) is 28.0. The molecule has 0 saturated carbocycles. The zero-order valence-electron chi connectivity index (χ0n) is 20.7. The van der Waals surface area contributed by atoms with Gasteiger partial charge in [0.15, 0.2) is 5.82 Å². The number of pyridine rings is 1. The van der Waals surface area contributed by atoms with Gasteiger partial charge in [-0.1, -0.05) is 11.6 Å². The summed E-state index contributed by atoms with van der Waals surface area (Å²) in [6.07, 6.45) is -0.195. The third-order valence-corrected chi connectivity index (χ3v) is 7.68. The van der Waals surface area contributed by atoms with Crippen LogP contribution in [0.25, 0.3) is 0 Å². The minimum absolute atomic E-state index is 0.128. The Kier molecular flexibility index (Phi) is 7.39. The highest BCUT2D eigenvalue weighted by molar-refractivity contribution is 6.33. The van der Waals surface area contributed by atoms with E-state index in [9.17, 15) is 5.11 Å². The quantitative estimate of drug-likeness (QED) is 0.304. The number of hydrogen-bond acceptors (Lipinski definition) is 10. The van der Waals surface area contributed by atoms with Gasteiger partial charge in [-0.05, 0) is 37.3 Å². The lowest BCUT2D eigenvalue weighted by molar-refractivity contribution is -0.0508. The van der Waals surface area contributed by atoms with E-state index < -0.39 is 6.10 Å². The molecule has 2 aromatic rings. The van der Waals surface area contributed by atoms with Crippen molar-refractivity contribution in [3.8, 4) is 5.75 Å². The summed E-state index contributed by atoms with van der Waals surface area (Å²) in [6.45, 7) is 6.22. The molecule has 38 heavy (non-hydrogen) atoms. The number of aromatic nitrogens is 1. The number of aliphatic imine (C=N–C) groups is 1. The van der Waals surface area contributed by atoms with E-state index in [1.165, 1.54) is 6.07 Å². The van der Waals surface area contributed by atoms with Crippen LogP contribution in [0.2, 0.25) is 5.02 Å². The number of aliphatic hydroxyl groups is 1. The van der Waals surface area contributed by atoms with Crippen molar-refractivity contribution in [2.75, 3.05) is 50.4 Å². The number of rotatable bonds is 10. The highest BCUT2D eigenvalue weighted by atomic mass is 35.5. The Balaban J connectivity index is 1.09. The number of hydrogen-bond donors (Lipinski definition) is 3. The molecular formula is C26H30ClFN4O6. The number of nitrogens with one attached hydrogen (secondary N) is 2. The Bertz CT molecular complexity index is 1200. The van der Waals surface area contributed by atoms with Gasteiger partial charge in [-0.15, -0.1) is 0 Å². The maximum absolute atomic E-state index is 15.1. The van der Waals surface area contributed by atoms with Gasteiger partial charge < -0.3 is 39.4 Å². The van der Waals surface area contributed by atoms with E-state index >= 15 is 4.39 Å². The van der Waals surface area contributed by atoms with E-state index in [0.29, 0.717) is 78.8 Å². The van der Waals surface area contributed by atoms with Crippen molar-refractivity contribution in [1.82, 2.24) is 4.98 Å². The molecule has 3 saturated heterocycles. The molecule has 0 amide bonds. The lowest BCUT2D eigenvalue weighted by Crippen LogP contribution is -2.33. The third kappa shape index (κ3) is 5.06. The summed E-state index contributed by atoms with van der Waals surface area (Å²) < 4.78 is 43.1. The first-order valence-corrected chi connectivity index (χ1v) is 13.1. The third-order valence-electron chi connectivity index (χ3n) is 7.39. The fourth-order valence-corrected chi connectivity index (χ4v) is 5.53. The molecule has 3 unspecified atom stereocenters. The SMILES string of the molecule is C=Nc1nc(NC2CCc3cc(OCC4COC4)cc(F)c32)c(Cl)cc1NCOC1CO[C@@H]2C(O)CO[C@H]12. The summed E-state index contributed by atoms with van der Waals surface area (Å²) in [6, 6.07) is 4.74. The highest BCUT2D eigenvalue weighted by Gasteiger charge is 2.47. The molecule has 10 nitrogen and oxygen atoms in total. The van der Waals surface area contributed by atoms with E-state index in [2.05, 4.69) is 27.3 Å². The molecule has 5 atom stereocenters. The van der Waals surface area contributed by atoms with Gasteiger partial charge in [0, 0.05) is 17.5 Å². The second kappa shape index (κ2) is 10.9. The Labute approximate surface area is 224 Å². The topological polar surface area (TPSA) is 116 Å². The summed E-state index contributed by atoms with van der Waals surface area (Å²) >= 11 is 6.55. The van der Waals surface area contributed by atoms with Crippen molar-refractivity contribution in [2.45, 2.75) is 43.3 Å². The molecule has 12 heteroatoms. The zero-order chi connectivity index (χ0) is 26.2. The molecule has 0 spiro atoms. The number of anilines is 2. The number of aliphatic hydroxyl groups excluding tert-OH is 1. The fraction of sp³-hybridized carbons (Fsp3) is 0.538. The van der Waals surface area contributed by atoms with E-state index in [0.717, 1.165) is 5.56 Å². The molecular weight excluding hydrogens is 519 g/mol. The lowest BCUT2D eigenvalue weighted by Gasteiger charge is -2.26. The number of nitrogens with zero attached hydrogens (tertiary/aromatic N) is 2. The van der Waals surface area contributed by atoms with Crippen LogP contribution in [0.5, 0.6) is 5.75 Å². The molecule has 0 radical (unpaired) electrons. The van der Waals surface area contributed by atoms with Crippen LogP contribution in [0, 0.1) is 11.7 Å². The molecule has 4 aliphatic rings. The van der Waals surface area contributed by atoms with E-state index in [1.807, 2.05) is 6.07 Å². The highest BCUT2D eigenvalue weighted by Crippen LogP contribution is 2.40. The minimum atomic E-state index is -0.635. The molecule has 0 bridgehead atoms. The second-order valence-corrected chi connectivity index (χ2v) is 10.4. The first kappa shape index (κ1) is 25.7. The number of ether oxygens (including phenoxy) is 5. The molecule has 3 N–H and O–H groups in total. The van der Waals surface area contributed by atoms with Gasteiger partial charge >= 0.3 is 0 Å². The van der Waals surface area contributed by atoms with Gasteiger partial charge in [0.25, 0.3) is 0 Å². The maximum Gasteiger partial charge on any atom is 0.177 e. The summed E-state index contributed by atoms with van der Waals surface area (Å²) in [5.41, 5.74) is 2.05. The first-order chi connectivity index (χ1) is 18.5. The number of halogens is 2. The van der Waals surface area contributed by atoms with Crippen LogP contribution in [0.1, 0.15) is 23.6 Å². The van der Waals surface area contributed by atoms with Crippen molar-refractivity contribution in [1.29, 1.82) is 0 Å². The lowest BCUT2D eigenvalue weighted by atomic mass is 10.1. The Morgan fingerprint density at radius 2 is 2.03 bits per heavy atom.